The van der Waals surface area contributed by atoms with Gasteiger partial charge >= 0.3 is 12.3 Å². The lowest BCUT2D eigenvalue weighted by molar-refractivity contribution is -0.274. The highest BCUT2D eigenvalue weighted by Gasteiger charge is 2.32. The molecule has 0 heterocycles. The van der Waals surface area contributed by atoms with E-state index in [9.17, 15) is 18.0 Å². The lowest BCUT2D eigenvalue weighted by Crippen LogP contribution is -2.18. The Morgan fingerprint density at radius 1 is 1.42 bits per heavy atom. The lowest BCUT2D eigenvalue weighted by Gasteiger charge is -2.13. The summed E-state index contributed by atoms with van der Waals surface area (Å²) in [6, 6.07) is 3.48. The Morgan fingerprint density at radius 3 is 2.47 bits per heavy atom. The predicted molar refractivity (Wildman–Crippen MR) is 58.7 cm³/mol. The minimum absolute atomic E-state index is 0.169. The van der Waals surface area contributed by atoms with Crippen molar-refractivity contribution >= 4 is 17.6 Å². The van der Waals surface area contributed by atoms with Crippen LogP contribution >= 0.6 is 11.6 Å². The third kappa shape index (κ3) is 4.34. The Kier molecular flexibility index (Phi) is 4.62. The van der Waals surface area contributed by atoms with Gasteiger partial charge in [-0.25, -0.2) is 0 Å². The van der Waals surface area contributed by atoms with Crippen molar-refractivity contribution in [3.8, 4) is 11.8 Å². The van der Waals surface area contributed by atoms with Gasteiger partial charge in [0.1, 0.15) is 11.8 Å². The van der Waals surface area contributed by atoms with Crippen molar-refractivity contribution in [1.29, 1.82) is 5.26 Å². The molecule has 0 radical (unpaired) electrons. The maximum atomic E-state index is 12.1. The minimum atomic E-state index is -4.94. The third-order valence-corrected chi connectivity index (χ3v) is 2.42. The number of aliphatic carboxylic acids is 1. The molecule has 8 heteroatoms. The number of halogens is 4. The highest BCUT2D eigenvalue weighted by atomic mass is 35.5. The van der Waals surface area contributed by atoms with Gasteiger partial charge in [0, 0.05) is 5.88 Å². The first-order chi connectivity index (χ1) is 8.76. The van der Waals surface area contributed by atoms with Gasteiger partial charge in [-0.1, -0.05) is 0 Å². The van der Waals surface area contributed by atoms with Gasteiger partial charge in [-0.05, 0) is 23.3 Å². The maximum Gasteiger partial charge on any atom is 0.573 e. The number of hydrogen-bond donors (Lipinski definition) is 1. The number of alkyl halides is 4. The average molecular weight is 294 g/mol. The van der Waals surface area contributed by atoms with Crippen LogP contribution in [0.2, 0.25) is 0 Å². The number of carboxylic acid groups (broad SMARTS) is 1. The molecule has 1 N–H and O–H groups in total. The molecule has 0 bridgehead atoms. The number of nitrogens with zero attached hydrogens (tertiary/aromatic N) is 1. The van der Waals surface area contributed by atoms with Gasteiger partial charge in [0.15, 0.2) is 0 Å². The standard InChI is InChI=1S/C11H7ClF3NO3/c12-4-7-2-9(19-11(13,14)15)8(5-16)1-6(7)3-10(17)18/h1-2H,3-4H2,(H,17,18). The monoisotopic (exact) mass is 293 g/mol. The predicted octanol–water partition coefficient (Wildman–Crippen LogP) is 2.82. The Hall–Kier alpha value is -1.94. The maximum absolute atomic E-state index is 12.1. The molecular weight excluding hydrogens is 287 g/mol. The van der Waals surface area contributed by atoms with Crippen LogP contribution in [-0.4, -0.2) is 17.4 Å². The molecule has 0 spiro atoms. The highest BCUT2D eigenvalue weighted by Crippen LogP contribution is 2.30. The van der Waals surface area contributed by atoms with Crippen LogP contribution in [0, 0.1) is 11.3 Å². The molecule has 1 aromatic rings. The van der Waals surface area contributed by atoms with Gasteiger partial charge in [-0.3, -0.25) is 4.79 Å². The van der Waals surface area contributed by atoms with Crippen molar-refractivity contribution in [2.24, 2.45) is 0 Å². The molecule has 0 saturated heterocycles. The van der Waals surface area contributed by atoms with Crippen molar-refractivity contribution in [3.63, 3.8) is 0 Å². The van der Waals surface area contributed by atoms with Crippen molar-refractivity contribution in [3.05, 3.63) is 28.8 Å². The number of hydrogen-bond acceptors (Lipinski definition) is 3. The zero-order valence-electron chi connectivity index (χ0n) is 9.29. The Morgan fingerprint density at radius 2 is 2.05 bits per heavy atom. The van der Waals surface area contributed by atoms with E-state index >= 15 is 0 Å². The van der Waals surface area contributed by atoms with Gasteiger partial charge in [0.2, 0.25) is 0 Å². The second kappa shape index (κ2) is 5.80. The first-order valence-corrected chi connectivity index (χ1v) is 5.39. The molecule has 1 aromatic carbocycles. The van der Waals surface area contributed by atoms with Gasteiger partial charge in [-0.2, -0.15) is 5.26 Å². The van der Waals surface area contributed by atoms with E-state index in [0.29, 0.717) is 0 Å². The molecule has 0 fully saturated rings. The summed E-state index contributed by atoms with van der Waals surface area (Å²) in [5, 5.41) is 17.4. The lowest BCUT2D eigenvalue weighted by atomic mass is 10.0. The molecule has 1 rings (SSSR count). The largest absolute Gasteiger partial charge is 0.573 e. The van der Waals surface area contributed by atoms with Crippen molar-refractivity contribution in [2.45, 2.75) is 18.7 Å². The molecule has 19 heavy (non-hydrogen) atoms. The van der Waals surface area contributed by atoms with E-state index in [-0.39, 0.29) is 17.0 Å². The summed E-state index contributed by atoms with van der Waals surface area (Å²) in [7, 11) is 0. The summed E-state index contributed by atoms with van der Waals surface area (Å²) >= 11 is 5.54. The number of carboxylic acids is 1. The summed E-state index contributed by atoms with van der Waals surface area (Å²) in [6.45, 7) is 0. The molecular formula is C11H7ClF3NO3. The smallest absolute Gasteiger partial charge is 0.481 e. The van der Waals surface area contributed by atoms with E-state index in [1.807, 2.05) is 0 Å². The topological polar surface area (TPSA) is 70.3 Å². The molecule has 0 aliphatic rings. The zero-order valence-corrected chi connectivity index (χ0v) is 10.0. The van der Waals surface area contributed by atoms with Crippen LogP contribution in [0.5, 0.6) is 5.75 Å². The molecule has 4 nitrogen and oxygen atoms in total. The molecule has 0 amide bonds. The fourth-order valence-corrected chi connectivity index (χ4v) is 1.66. The Bertz CT molecular complexity index is 537. The summed E-state index contributed by atoms with van der Waals surface area (Å²) in [5.41, 5.74) is -0.0571. The van der Waals surface area contributed by atoms with E-state index in [1.54, 1.807) is 0 Å². The van der Waals surface area contributed by atoms with Crippen LogP contribution in [0.15, 0.2) is 12.1 Å². The quantitative estimate of drug-likeness (QED) is 0.867. The number of ether oxygens (including phenoxy) is 1. The molecule has 102 valence electrons. The molecule has 0 atom stereocenters. The normalized spacial score (nSPS) is 10.9. The number of rotatable bonds is 4. The van der Waals surface area contributed by atoms with Crippen LogP contribution < -0.4 is 4.74 Å². The Labute approximate surface area is 111 Å². The van der Waals surface area contributed by atoms with Crippen LogP contribution in [0.1, 0.15) is 16.7 Å². The number of benzene rings is 1. The van der Waals surface area contributed by atoms with Crippen LogP contribution in [0.3, 0.4) is 0 Å². The fraction of sp³-hybridized carbons (Fsp3) is 0.273. The first-order valence-electron chi connectivity index (χ1n) is 4.86. The molecule has 0 aliphatic carbocycles. The third-order valence-electron chi connectivity index (χ3n) is 2.13. The van der Waals surface area contributed by atoms with Gasteiger partial charge < -0.3 is 9.84 Å². The van der Waals surface area contributed by atoms with Crippen molar-refractivity contribution < 1.29 is 27.8 Å². The summed E-state index contributed by atoms with van der Waals surface area (Å²) < 4.78 is 40.1. The zero-order chi connectivity index (χ0) is 14.6. The van der Waals surface area contributed by atoms with Crippen LogP contribution in [-0.2, 0) is 17.1 Å². The fourth-order valence-electron chi connectivity index (χ4n) is 1.42. The second-order valence-electron chi connectivity index (χ2n) is 3.48. The molecule has 0 saturated carbocycles. The van der Waals surface area contributed by atoms with Gasteiger partial charge in [0.05, 0.1) is 12.0 Å². The van der Waals surface area contributed by atoms with Crippen LogP contribution in [0.4, 0.5) is 13.2 Å². The summed E-state index contributed by atoms with van der Waals surface area (Å²) in [4.78, 5) is 10.6. The second-order valence-corrected chi connectivity index (χ2v) is 3.75. The SMILES string of the molecule is N#Cc1cc(CC(=O)O)c(CCl)cc1OC(F)(F)F. The van der Waals surface area contributed by atoms with E-state index in [2.05, 4.69) is 4.74 Å². The van der Waals surface area contributed by atoms with E-state index in [4.69, 9.17) is 22.0 Å². The van der Waals surface area contributed by atoms with Crippen molar-refractivity contribution in [1.82, 2.24) is 0 Å². The van der Waals surface area contributed by atoms with Crippen LogP contribution in [0.25, 0.3) is 0 Å². The highest BCUT2D eigenvalue weighted by molar-refractivity contribution is 6.17. The molecule has 0 unspecified atom stereocenters. The minimum Gasteiger partial charge on any atom is -0.481 e. The van der Waals surface area contributed by atoms with E-state index in [0.717, 1.165) is 12.1 Å². The Balaban J connectivity index is 3.28. The molecule has 0 aliphatic heterocycles. The average Bonchev–Trinajstić information content (AvgIpc) is 2.27. The summed E-state index contributed by atoms with van der Waals surface area (Å²) in [6.07, 6.45) is -5.38. The van der Waals surface area contributed by atoms with Crippen molar-refractivity contribution in [2.75, 3.05) is 0 Å². The van der Waals surface area contributed by atoms with Gasteiger partial charge in [0.25, 0.3) is 0 Å². The first kappa shape index (κ1) is 15.1. The molecule has 0 aromatic heterocycles. The van der Waals surface area contributed by atoms with E-state index < -0.39 is 30.1 Å². The van der Waals surface area contributed by atoms with Gasteiger partial charge in [-0.15, -0.1) is 24.8 Å². The number of nitriles is 1. The summed E-state index contributed by atoms with van der Waals surface area (Å²) in [5.74, 6) is -2.07. The number of carbonyl (C=O) groups is 1. The van der Waals surface area contributed by atoms with E-state index in [1.165, 1.54) is 6.07 Å².